The van der Waals surface area contributed by atoms with Crippen molar-refractivity contribution in [3.8, 4) is 0 Å². The molecular weight excluding hydrogens is 672 g/mol. The molecule has 2 aromatic carbocycles. The van der Waals surface area contributed by atoms with Gasteiger partial charge >= 0.3 is 0 Å². The molecule has 2 aliphatic heterocycles. The zero-order valence-electron chi connectivity index (χ0n) is 32.0. The molecule has 0 unspecified atom stereocenters. The number of nitrogens with one attached hydrogen (secondary N) is 5. The molecule has 6 amide bonds. The van der Waals surface area contributed by atoms with E-state index in [2.05, 4.69) is 26.6 Å². The lowest BCUT2D eigenvalue weighted by atomic mass is 9.95. The van der Waals surface area contributed by atoms with Crippen LogP contribution in [0.3, 0.4) is 0 Å². The Morgan fingerprint density at radius 2 is 1.04 bits per heavy atom. The van der Waals surface area contributed by atoms with Crippen molar-refractivity contribution in [2.24, 2.45) is 17.8 Å². The Balaban J connectivity index is 1.79. The number of amides is 6. The van der Waals surface area contributed by atoms with E-state index in [1.807, 2.05) is 102 Å². The third kappa shape index (κ3) is 11.6. The van der Waals surface area contributed by atoms with Crippen molar-refractivity contribution in [3.05, 3.63) is 71.8 Å². The summed E-state index contributed by atoms with van der Waals surface area (Å²) in [5, 5.41) is 14.5. The van der Waals surface area contributed by atoms with Gasteiger partial charge in [0.05, 0.1) is 0 Å². The molecule has 2 heterocycles. The molecule has 5 N–H and O–H groups in total. The van der Waals surface area contributed by atoms with Gasteiger partial charge in [-0.2, -0.15) is 0 Å². The highest BCUT2D eigenvalue weighted by Crippen LogP contribution is 2.21. The third-order valence-electron chi connectivity index (χ3n) is 10.1. The SMILES string of the molecule is CC[C@H](C)[C@@H]1NC(=O)[C@@H](CC(C)C)NC(=O)[C@H](Cc2ccccc2)NC(=O)[C@H]2CCCN2C(=O)[C@@H](Cc2ccccc2)NC(=O)[C@H](CC(C)C)NC1=O. The van der Waals surface area contributed by atoms with Gasteiger partial charge in [-0.05, 0) is 54.6 Å². The molecule has 2 fully saturated rings. The summed E-state index contributed by atoms with van der Waals surface area (Å²) in [6.07, 6.45) is 2.38. The number of rotatable bonds is 10. The molecule has 2 aromatic rings. The number of carbonyl (C=O) groups excluding carboxylic acids is 6. The molecule has 0 spiro atoms. The van der Waals surface area contributed by atoms with Gasteiger partial charge in [0, 0.05) is 19.4 Å². The van der Waals surface area contributed by atoms with Crippen molar-refractivity contribution >= 4 is 35.4 Å². The van der Waals surface area contributed by atoms with Gasteiger partial charge in [-0.1, -0.05) is 109 Å². The smallest absolute Gasteiger partial charge is 0.246 e. The fraction of sp³-hybridized carbons (Fsp3) is 0.561. The number of hydrogen-bond donors (Lipinski definition) is 5. The van der Waals surface area contributed by atoms with E-state index in [1.165, 1.54) is 4.90 Å². The fourth-order valence-electron chi connectivity index (χ4n) is 7.05. The second-order valence-corrected chi connectivity index (χ2v) is 15.4. The normalized spacial score (nSPS) is 25.8. The molecule has 288 valence electrons. The van der Waals surface area contributed by atoms with Crippen LogP contribution in [-0.4, -0.2) is 83.1 Å². The number of benzene rings is 2. The molecule has 12 nitrogen and oxygen atoms in total. The Bertz CT molecular complexity index is 1570. The molecule has 0 radical (unpaired) electrons. The third-order valence-corrected chi connectivity index (χ3v) is 10.1. The van der Waals surface area contributed by atoms with Crippen LogP contribution in [0.25, 0.3) is 0 Å². The van der Waals surface area contributed by atoms with Crippen molar-refractivity contribution in [3.63, 3.8) is 0 Å². The van der Waals surface area contributed by atoms with E-state index in [-0.39, 0.29) is 43.4 Å². The van der Waals surface area contributed by atoms with E-state index < -0.39 is 71.7 Å². The van der Waals surface area contributed by atoms with E-state index in [4.69, 9.17) is 0 Å². The van der Waals surface area contributed by atoms with Crippen LogP contribution in [-0.2, 0) is 41.6 Å². The van der Waals surface area contributed by atoms with Crippen LogP contribution in [0.5, 0.6) is 0 Å². The predicted molar refractivity (Wildman–Crippen MR) is 203 cm³/mol. The van der Waals surface area contributed by atoms with Crippen molar-refractivity contribution in [1.82, 2.24) is 31.5 Å². The first-order valence-corrected chi connectivity index (χ1v) is 19.2. The Kier molecular flexibility index (Phi) is 15.0. The Morgan fingerprint density at radius 3 is 1.57 bits per heavy atom. The number of carbonyl (C=O) groups is 6. The number of fused-ring (bicyclic) bond motifs is 1. The molecular formula is C41H58N6O6. The minimum absolute atomic E-state index is 0.00274. The molecule has 0 bridgehead atoms. The van der Waals surface area contributed by atoms with Gasteiger partial charge in [0.2, 0.25) is 35.4 Å². The first kappa shape index (κ1) is 41.0. The maximum absolute atomic E-state index is 14.4. The van der Waals surface area contributed by atoms with E-state index >= 15 is 0 Å². The zero-order valence-corrected chi connectivity index (χ0v) is 32.0. The van der Waals surface area contributed by atoms with Crippen molar-refractivity contribution in [2.45, 2.75) is 123 Å². The minimum Gasteiger partial charge on any atom is -0.343 e. The summed E-state index contributed by atoms with van der Waals surface area (Å²) in [6, 6.07) is 12.6. The molecule has 0 saturated carbocycles. The van der Waals surface area contributed by atoms with Crippen LogP contribution < -0.4 is 26.6 Å². The lowest BCUT2D eigenvalue weighted by Gasteiger charge is -2.33. The zero-order chi connectivity index (χ0) is 38.7. The molecule has 53 heavy (non-hydrogen) atoms. The van der Waals surface area contributed by atoms with Crippen molar-refractivity contribution in [1.29, 1.82) is 0 Å². The molecule has 12 heteroatoms. The Morgan fingerprint density at radius 1 is 0.585 bits per heavy atom. The average molecular weight is 731 g/mol. The molecule has 4 rings (SSSR count). The van der Waals surface area contributed by atoms with Gasteiger partial charge < -0.3 is 31.5 Å². The molecule has 2 aliphatic rings. The Labute approximate surface area is 314 Å². The van der Waals surface area contributed by atoms with Crippen molar-refractivity contribution < 1.29 is 28.8 Å². The largest absolute Gasteiger partial charge is 0.343 e. The first-order valence-electron chi connectivity index (χ1n) is 19.2. The Hall–Kier alpha value is -4.74. The summed E-state index contributed by atoms with van der Waals surface area (Å²) in [7, 11) is 0. The van der Waals surface area contributed by atoms with Crippen LogP contribution in [0, 0.1) is 17.8 Å². The molecule has 7 atom stereocenters. The van der Waals surface area contributed by atoms with Crippen LogP contribution in [0.1, 0.15) is 84.8 Å². The second kappa shape index (κ2) is 19.4. The lowest BCUT2D eigenvalue weighted by molar-refractivity contribution is -0.143. The standard InChI is InChI=1S/C41H58N6O6/c1-7-27(6)35-40(52)44-30(21-25(2)3)36(48)45-33(24-29-17-12-9-13-18-29)41(53)47-20-14-19-34(47)39(51)43-32(23-28-15-10-8-11-16-28)37(49)42-31(22-26(4)5)38(50)46-35/h8-13,15-18,25-27,30-35H,7,14,19-24H2,1-6H3,(H,42,49)(H,43,51)(H,44,52)(H,45,48)(H,46,50)/t27-,30-,31+,32-,33+,34+,35-/m0/s1. The topological polar surface area (TPSA) is 166 Å². The molecule has 2 saturated heterocycles. The summed E-state index contributed by atoms with van der Waals surface area (Å²) in [5.41, 5.74) is 1.61. The van der Waals surface area contributed by atoms with E-state index in [0.717, 1.165) is 11.1 Å². The number of hydrogen-bond acceptors (Lipinski definition) is 6. The van der Waals surface area contributed by atoms with Gasteiger partial charge in [-0.3, -0.25) is 28.8 Å². The molecule has 0 aliphatic carbocycles. The molecule has 0 aromatic heterocycles. The van der Waals surface area contributed by atoms with Gasteiger partial charge in [-0.15, -0.1) is 0 Å². The summed E-state index contributed by atoms with van der Waals surface area (Å²) >= 11 is 0. The lowest BCUT2D eigenvalue weighted by Crippen LogP contribution is -2.62. The second-order valence-electron chi connectivity index (χ2n) is 15.4. The summed E-state index contributed by atoms with van der Waals surface area (Å²) in [6.45, 7) is 11.8. The van der Waals surface area contributed by atoms with E-state index in [0.29, 0.717) is 25.8 Å². The van der Waals surface area contributed by atoms with Gasteiger partial charge in [0.15, 0.2) is 0 Å². The average Bonchev–Trinajstić information content (AvgIpc) is 3.62. The highest BCUT2D eigenvalue weighted by molar-refractivity contribution is 5.98. The van der Waals surface area contributed by atoms with Gasteiger partial charge in [0.1, 0.15) is 36.3 Å². The highest BCUT2D eigenvalue weighted by atomic mass is 16.2. The van der Waals surface area contributed by atoms with Crippen LogP contribution in [0.2, 0.25) is 0 Å². The predicted octanol–water partition coefficient (Wildman–Crippen LogP) is 3.04. The maximum Gasteiger partial charge on any atom is 0.246 e. The summed E-state index contributed by atoms with van der Waals surface area (Å²) in [5.74, 6) is -3.32. The van der Waals surface area contributed by atoms with E-state index in [9.17, 15) is 28.8 Å². The van der Waals surface area contributed by atoms with Gasteiger partial charge in [-0.25, -0.2) is 0 Å². The quantitative estimate of drug-likeness (QED) is 0.252. The van der Waals surface area contributed by atoms with Crippen LogP contribution >= 0.6 is 0 Å². The van der Waals surface area contributed by atoms with Gasteiger partial charge in [0.25, 0.3) is 0 Å². The first-order chi connectivity index (χ1) is 25.3. The van der Waals surface area contributed by atoms with Crippen molar-refractivity contribution in [2.75, 3.05) is 6.54 Å². The minimum atomic E-state index is -1.06. The highest BCUT2D eigenvalue weighted by Gasteiger charge is 2.41. The fourth-order valence-corrected chi connectivity index (χ4v) is 7.05. The van der Waals surface area contributed by atoms with Crippen LogP contribution in [0.15, 0.2) is 60.7 Å². The van der Waals surface area contributed by atoms with E-state index in [1.54, 1.807) is 0 Å². The summed E-state index contributed by atoms with van der Waals surface area (Å²) < 4.78 is 0. The monoisotopic (exact) mass is 730 g/mol. The van der Waals surface area contributed by atoms with Crippen LogP contribution in [0.4, 0.5) is 0 Å². The summed E-state index contributed by atoms with van der Waals surface area (Å²) in [4.78, 5) is 86.3. The number of nitrogens with zero attached hydrogens (tertiary/aromatic N) is 1. The maximum atomic E-state index is 14.4.